The van der Waals surface area contributed by atoms with Gasteiger partial charge in [-0.05, 0) is 36.4 Å². The number of ether oxygens (including phenoxy) is 1. The van der Waals surface area contributed by atoms with Crippen molar-refractivity contribution in [1.82, 2.24) is 19.5 Å². The molecule has 1 aromatic carbocycles. The fourth-order valence-corrected chi connectivity index (χ4v) is 3.86. The first kappa shape index (κ1) is 19.9. The van der Waals surface area contributed by atoms with Crippen LogP contribution in [0.2, 0.25) is 0 Å². The summed E-state index contributed by atoms with van der Waals surface area (Å²) < 4.78 is 66.2. The van der Waals surface area contributed by atoms with Crippen molar-refractivity contribution < 1.29 is 26.6 Å². The number of imidazole rings is 1. The van der Waals surface area contributed by atoms with Gasteiger partial charge in [-0.25, -0.2) is 9.19 Å². The first-order valence-corrected chi connectivity index (χ1v) is 10.3. The molecule has 0 spiro atoms. The van der Waals surface area contributed by atoms with Crippen LogP contribution < -0.4 is 4.74 Å². The Morgan fingerprint density at radius 3 is 2.53 bits per heavy atom. The van der Waals surface area contributed by atoms with Crippen molar-refractivity contribution in [2.45, 2.75) is 11.1 Å². The summed E-state index contributed by atoms with van der Waals surface area (Å²) in [5.74, 6) is -0.811. The molecule has 3 heterocycles. The van der Waals surface area contributed by atoms with E-state index in [2.05, 4.69) is 24.0 Å². The summed E-state index contributed by atoms with van der Waals surface area (Å²) in [7, 11) is -1.25. The van der Waals surface area contributed by atoms with Gasteiger partial charge in [0.1, 0.15) is 11.4 Å². The third-order valence-corrected chi connectivity index (χ3v) is 5.82. The Kier molecular flexibility index (Phi) is 4.73. The Bertz CT molecular complexity index is 1340. The summed E-state index contributed by atoms with van der Waals surface area (Å²) in [6.07, 6.45) is -0.117. The molecule has 0 saturated heterocycles. The van der Waals surface area contributed by atoms with Gasteiger partial charge in [0.2, 0.25) is 5.82 Å². The maximum atomic E-state index is 13.0. The van der Waals surface area contributed by atoms with Gasteiger partial charge in [-0.2, -0.15) is 22.5 Å². The van der Waals surface area contributed by atoms with Gasteiger partial charge < -0.3 is 13.7 Å². The average Bonchev–Trinajstić information content (AvgIpc) is 3.33. The van der Waals surface area contributed by atoms with Crippen molar-refractivity contribution in [3.63, 3.8) is 0 Å². The number of hydrogen-bond donors (Lipinski definition) is 0. The number of aromatic nitrogens is 4. The second-order valence-electron chi connectivity index (χ2n) is 6.27. The molecule has 0 fully saturated rings. The Balaban J connectivity index is 1.69. The highest BCUT2D eigenvalue weighted by Crippen LogP contribution is 2.30. The van der Waals surface area contributed by atoms with E-state index in [1.807, 2.05) is 0 Å². The Labute approximate surface area is 168 Å². The Morgan fingerprint density at radius 2 is 1.90 bits per heavy atom. The van der Waals surface area contributed by atoms with Crippen LogP contribution in [0.4, 0.5) is 19.0 Å². The van der Waals surface area contributed by atoms with Crippen LogP contribution in [0.1, 0.15) is 5.89 Å². The minimum Gasteiger partial charge on any atom is -0.497 e. The van der Waals surface area contributed by atoms with Gasteiger partial charge in [0.15, 0.2) is 5.82 Å². The lowest BCUT2D eigenvalue weighted by Crippen LogP contribution is -2.04. The van der Waals surface area contributed by atoms with Crippen LogP contribution in [0.15, 0.2) is 62.6 Å². The van der Waals surface area contributed by atoms with Crippen LogP contribution in [0, 0.1) is 0 Å². The number of nitrogens with zero attached hydrogens (tertiary/aromatic N) is 5. The van der Waals surface area contributed by atoms with Crippen LogP contribution in [0.25, 0.3) is 17.0 Å². The molecule has 1 unspecified atom stereocenters. The molecule has 8 nitrogen and oxygen atoms in total. The fraction of sp³-hybridized carbons (Fsp3) is 0.167. The molecule has 0 aliphatic rings. The highest BCUT2D eigenvalue weighted by Gasteiger charge is 2.38. The Hall–Kier alpha value is -3.41. The predicted octanol–water partition coefficient (Wildman–Crippen LogP) is 4.20. The van der Waals surface area contributed by atoms with Crippen molar-refractivity contribution in [3.05, 3.63) is 54.7 Å². The van der Waals surface area contributed by atoms with Crippen LogP contribution in [-0.2, 0) is 15.9 Å². The van der Waals surface area contributed by atoms with E-state index in [0.29, 0.717) is 16.3 Å². The van der Waals surface area contributed by atoms with Crippen molar-refractivity contribution in [3.8, 4) is 17.1 Å². The maximum absolute atomic E-state index is 13.0. The summed E-state index contributed by atoms with van der Waals surface area (Å²) in [5, 5.41) is 3.36. The van der Waals surface area contributed by atoms with Gasteiger partial charge in [0, 0.05) is 22.9 Å². The number of rotatable bonds is 4. The second kappa shape index (κ2) is 7.13. The predicted molar refractivity (Wildman–Crippen MR) is 101 cm³/mol. The van der Waals surface area contributed by atoms with E-state index in [0.717, 1.165) is 0 Å². The molecular weight excluding hydrogens is 423 g/mol. The van der Waals surface area contributed by atoms with Crippen LogP contribution in [0.3, 0.4) is 0 Å². The standard InChI is InChI=1S/C18H14F3N5O3S/c1-28-12-3-5-13(6-4-12)30(2,27)25-14-10-26-8-7-11(9-15(26)22-14)16-23-17(29-24-16)18(19,20)21/h3-10H,1-2H3. The minimum atomic E-state index is -4.72. The molecule has 0 aliphatic carbocycles. The minimum absolute atomic E-state index is 0.208. The van der Waals surface area contributed by atoms with Gasteiger partial charge in [0.05, 0.1) is 23.0 Å². The van der Waals surface area contributed by atoms with Crippen LogP contribution >= 0.6 is 0 Å². The largest absolute Gasteiger partial charge is 0.497 e. The molecule has 3 aromatic heterocycles. The van der Waals surface area contributed by atoms with Gasteiger partial charge in [-0.15, -0.1) is 0 Å². The zero-order valence-electron chi connectivity index (χ0n) is 15.6. The molecule has 0 bridgehead atoms. The molecule has 0 N–H and O–H groups in total. The lowest BCUT2D eigenvalue weighted by atomic mass is 10.2. The van der Waals surface area contributed by atoms with Crippen molar-refractivity contribution in [2.75, 3.05) is 13.4 Å². The molecule has 0 aliphatic heterocycles. The average molecular weight is 437 g/mol. The normalized spacial score (nSPS) is 13.9. The monoisotopic (exact) mass is 437 g/mol. The van der Waals surface area contributed by atoms with Crippen molar-refractivity contribution in [1.29, 1.82) is 0 Å². The SMILES string of the molecule is COc1ccc(S(C)(=O)=Nc2cn3ccc(-c4noc(C(F)(F)F)n4)cc3n2)cc1. The molecule has 4 rings (SSSR count). The molecule has 156 valence electrons. The summed E-state index contributed by atoms with van der Waals surface area (Å²) >= 11 is 0. The number of fused-ring (bicyclic) bond motifs is 1. The zero-order valence-corrected chi connectivity index (χ0v) is 16.4. The van der Waals surface area contributed by atoms with Gasteiger partial charge in [0.25, 0.3) is 0 Å². The summed E-state index contributed by atoms with van der Waals surface area (Å²) in [5.41, 5.74) is 0.654. The summed E-state index contributed by atoms with van der Waals surface area (Å²) in [6, 6.07) is 9.68. The van der Waals surface area contributed by atoms with Crippen molar-refractivity contribution in [2.24, 2.45) is 4.36 Å². The maximum Gasteiger partial charge on any atom is 0.471 e. The number of alkyl halides is 3. The number of methoxy groups -OCH3 is 1. The van der Waals surface area contributed by atoms with Crippen LogP contribution in [0.5, 0.6) is 5.75 Å². The molecule has 30 heavy (non-hydrogen) atoms. The van der Waals surface area contributed by atoms with E-state index in [4.69, 9.17) is 4.74 Å². The third-order valence-electron chi connectivity index (χ3n) is 4.14. The lowest BCUT2D eigenvalue weighted by molar-refractivity contribution is -0.159. The van der Waals surface area contributed by atoms with Crippen molar-refractivity contribution >= 4 is 21.2 Å². The van der Waals surface area contributed by atoms with Gasteiger partial charge in [-0.1, -0.05) is 5.16 Å². The highest BCUT2D eigenvalue weighted by molar-refractivity contribution is 7.93. The van der Waals surface area contributed by atoms with Crippen LogP contribution in [-0.4, -0.2) is 37.1 Å². The Morgan fingerprint density at radius 1 is 1.17 bits per heavy atom. The number of halogens is 3. The lowest BCUT2D eigenvalue weighted by Gasteiger charge is -2.04. The number of benzene rings is 1. The summed E-state index contributed by atoms with van der Waals surface area (Å²) in [4.78, 5) is 8.15. The first-order valence-electron chi connectivity index (χ1n) is 8.42. The molecule has 0 amide bonds. The van der Waals surface area contributed by atoms with E-state index < -0.39 is 21.8 Å². The molecule has 0 saturated carbocycles. The second-order valence-corrected chi connectivity index (χ2v) is 8.53. The molecule has 0 radical (unpaired) electrons. The number of pyridine rings is 1. The number of hydrogen-bond acceptors (Lipinski definition) is 7. The van der Waals surface area contributed by atoms with E-state index in [-0.39, 0.29) is 17.2 Å². The third kappa shape index (κ3) is 3.85. The zero-order chi connectivity index (χ0) is 21.5. The topological polar surface area (TPSA) is 94.9 Å². The first-order chi connectivity index (χ1) is 14.2. The van der Waals surface area contributed by atoms with E-state index in [9.17, 15) is 17.4 Å². The molecule has 4 aromatic rings. The molecule has 1 atom stereocenters. The van der Waals surface area contributed by atoms with Gasteiger partial charge >= 0.3 is 12.1 Å². The van der Waals surface area contributed by atoms with Gasteiger partial charge in [-0.3, -0.25) is 0 Å². The van der Waals surface area contributed by atoms with E-state index in [1.165, 1.54) is 25.5 Å². The molecule has 12 heteroatoms. The molecular formula is C18H14F3N5O3S. The quantitative estimate of drug-likeness (QED) is 0.475. The van der Waals surface area contributed by atoms with E-state index >= 15 is 0 Å². The highest BCUT2D eigenvalue weighted by atomic mass is 32.2. The fourth-order valence-electron chi connectivity index (χ4n) is 2.67. The van der Waals surface area contributed by atoms with E-state index in [1.54, 1.807) is 41.1 Å². The summed E-state index contributed by atoms with van der Waals surface area (Å²) in [6.45, 7) is 0. The smallest absolute Gasteiger partial charge is 0.471 e.